The molecule has 2 fully saturated rings. The second-order valence-electron chi connectivity index (χ2n) is 8.87. The van der Waals surface area contributed by atoms with E-state index < -0.39 is 6.04 Å². The molecular weight excluding hydrogens is 398 g/mol. The minimum Gasteiger partial charge on any atom is -0.454 e. The lowest BCUT2D eigenvalue weighted by molar-refractivity contribution is -0.137. The number of fused-ring (bicyclic) bond motifs is 1. The number of likely N-dealkylation sites (tertiary alicyclic amines) is 2. The SMILES string of the molecule is CC(C)C(=O)N1CCC([C@@H](NC(=O)c2ccc3c(c2)OCO3)C(=O)N2CCCC2)CC1. The predicted octanol–water partition coefficient (Wildman–Crippen LogP) is 2.03. The smallest absolute Gasteiger partial charge is 0.252 e. The third kappa shape index (κ3) is 4.62. The zero-order valence-electron chi connectivity index (χ0n) is 18.3. The van der Waals surface area contributed by atoms with Gasteiger partial charge in [-0.3, -0.25) is 14.4 Å². The summed E-state index contributed by atoms with van der Waals surface area (Å²) in [5.41, 5.74) is 0.441. The Hall–Kier alpha value is -2.77. The Morgan fingerprint density at radius 3 is 2.26 bits per heavy atom. The van der Waals surface area contributed by atoms with Gasteiger partial charge >= 0.3 is 0 Å². The number of carbonyl (C=O) groups is 3. The van der Waals surface area contributed by atoms with Crippen LogP contribution in [0.4, 0.5) is 0 Å². The van der Waals surface area contributed by atoms with E-state index in [-0.39, 0.29) is 36.4 Å². The topological polar surface area (TPSA) is 88.2 Å². The summed E-state index contributed by atoms with van der Waals surface area (Å²) in [6, 6.07) is 4.46. The van der Waals surface area contributed by atoms with Crippen LogP contribution >= 0.6 is 0 Å². The molecule has 0 bridgehead atoms. The molecule has 0 radical (unpaired) electrons. The molecule has 1 atom stereocenters. The molecule has 168 valence electrons. The van der Waals surface area contributed by atoms with Gasteiger partial charge in [0.2, 0.25) is 18.6 Å². The van der Waals surface area contributed by atoms with E-state index in [4.69, 9.17) is 9.47 Å². The molecule has 0 spiro atoms. The van der Waals surface area contributed by atoms with Gasteiger partial charge in [-0.2, -0.15) is 0 Å². The number of rotatable bonds is 5. The van der Waals surface area contributed by atoms with Crippen molar-refractivity contribution in [2.24, 2.45) is 11.8 Å². The Kier molecular flexibility index (Phi) is 6.34. The number of hydrogen-bond acceptors (Lipinski definition) is 5. The van der Waals surface area contributed by atoms with Crippen molar-refractivity contribution >= 4 is 17.7 Å². The molecule has 31 heavy (non-hydrogen) atoms. The molecule has 8 nitrogen and oxygen atoms in total. The first-order chi connectivity index (χ1) is 14.9. The molecule has 1 aromatic carbocycles. The lowest BCUT2D eigenvalue weighted by atomic mass is 9.87. The summed E-state index contributed by atoms with van der Waals surface area (Å²) in [5.74, 6) is 0.951. The van der Waals surface area contributed by atoms with Crippen molar-refractivity contribution in [2.45, 2.75) is 45.6 Å². The Bertz CT molecular complexity index is 842. The molecule has 1 N–H and O–H groups in total. The Morgan fingerprint density at radius 2 is 1.58 bits per heavy atom. The fourth-order valence-electron chi connectivity index (χ4n) is 4.60. The van der Waals surface area contributed by atoms with E-state index in [0.717, 1.165) is 25.9 Å². The van der Waals surface area contributed by atoms with E-state index in [1.165, 1.54) is 0 Å². The monoisotopic (exact) mass is 429 g/mol. The van der Waals surface area contributed by atoms with Crippen molar-refractivity contribution in [3.05, 3.63) is 23.8 Å². The molecule has 3 aliphatic rings. The van der Waals surface area contributed by atoms with E-state index in [1.807, 2.05) is 23.6 Å². The van der Waals surface area contributed by atoms with Gasteiger partial charge in [-0.1, -0.05) is 13.8 Å². The molecule has 0 aliphatic carbocycles. The van der Waals surface area contributed by atoms with Gasteiger partial charge < -0.3 is 24.6 Å². The quantitative estimate of drug-likeness (QED) is 0.774. The standard InChI is InChI=1S/C23H31N3O5/c1-15(2)22(28)26-11-7-16(8-12-26)20(23(29)25-9-3-4-10-25)24-21(27)17-5-6-18-19(13-17)31-14-30-18/h5-6,13,15-16,20H,3-4,7-12,14H2,1-2H3,(H,24,27)/t20-/m1/s1. The third-order valence-corrected chi connectivity index (χ3v) is 6.42. The molecular formula is C23H31N3O5. The van der Waals surface area contributed by atoms with E-state index in [9.17, 15) is 14.4 Å². The molecule has 3 amide bonds. The van der Waals surface area contributed by atoms with Crippen molar-refractivity contribution in [3.8, 4) is 11.5 Å². The lowest BCUT2D eigenvalue weighted by Gasteiger charge is -2.37. The summed E-state index contributed by atoms with van der Waals surface area (Å²) in [6.07, 6.45) is 3.39. The maximum Gasteiger partial charge on any atom is 0.252 e. The van der Waals surface area contributed by atoms with Gasteiger partial charge in [0.05, 0.1) is 0 Å². The number of piperidine rings is 1. The number of benzene rings is 1. The summed E-state index contributed by atoms with van der Waals surface area (Å²) in [7, 11) is 0. The zero-order chi connectivity index (χ0) is 22.0. The Balaban J connectivity index is 1.47. The number of nitrogens with zero attached hydrogens (tertiary/aromatic N) is 2. The summed E-state index contributed by atoms with van der Waals surface area (Å²) < 4.78 is 10.7. The maximum absolute atomic E-state index is 13.3. The van der Waals surface area contributed by atoms with Gasteiger partial charge in [-0.25, -0.2) is 0 Å². The van der Waals surface area contributed by atoms with Gasteiger partial charge in [-0.15, -0.1) is 0 Å². The van der Waals surface area contributed by atoms with Gasteiger partial charge in [0.1, 0.15) is 6.04 Å². The van der Waals surface area contributed by atoms with Crippen LogP contribution in [0.3, 0.4) is 0 Å². The van der Waals surface area contributed by atoms with E-state index >= 15 is 0 Å². The highest BCUT2D eigenvalue weighted by atomic mass is 16.7. The number of hydrogen-bond donors (Lipinski definition) is 1. The fourth-order valence-corrected chi connectivity index (χ4v) is 4.60. The van der Waals surface area contributed by atoms with Crippen LogP contribution in [0.25, 0.3) is 0 Å². The predicted molar refractivity (Wildman–Crippen MR) is 114 cm³/mol. The van der Waals surface area contributed by atoms with Gasteiger partial charge in [0.25, 0.3) is 5.91 Å². The van der Waals surface area contributed by atoms with Crippen LogP contribution in [0, 0.1) is 11.8 Å². The number of ether oxygens (including phenoxy) is 2. The van der Waals surface area contributed by atoms with E-state index in [1.54, 1.807) is 18.2 Å². The molecule has 3 aliphatic heterocycles. The summed E-state index contributed by atoms with van der Waals surface area (Å²) in [6.45, 7) is 6.65. The lowest BCUT2D eigenvalue weighted by Crippen LogP contribution is -2.54. The van der Waals surface area contributed by atoms with Crippen LogP contribution in [0.15, 0.2) is 18.2 Å². The van der Waals surface area contributed by atoms with E-state index in [2.05, 4.69) is 5.32 Å². The van der Waals surface area contributed by atoms with Crippen molar-refractivity contribution in [1.82, 2.24) is 15.1 Å². The molecule has 8 heteroatoms. The van der Waals surface area contributed by atoms with Crippen molar-refractivity contribution < 1.29 is 23.9 Å². The molecule has 0 saturated carbocycles. The second kappa shape index (κ2) is 9.16. The first-order valence-corrected chi connectivity index (χ1v) is 11.2. The van der Waals surface area contributed by atoms with E-state index in [0.29, 0.717) is 43.0 Å². The highest BCUT2D eigenvalue weighted by Crippen LogP contribution is 2.32. The molecule has 1 aromatic rings. The number of amides is 3. The van der Waals surface area contributed by atoms with Crippen LogP contribution in [-0.4, -0.2) is 66.5 Å². The maximum atomic E-state index is 13.3. The average molecular weight is 430 g/mol. The number of nitrogens with one attached hydrogen (secondary N) is 1. The fraction of sp³-hybridized carbons (Fsp3) is 0.609. The summed E-state index contributed by atoms with van der Waals surface area (Å²) in [4.78, 5) is 42.4. The minimum absolute atomic E-state index is 0.00210. The van der Waals surface area contributed by atoms with Crippen molar-refractivity contribution in [2.75, 3.05) is 33.0 Å². The summed E-state index contributed by atoms with van der Waals surface area (Å²) >= 11 is 0. The van der Waals surface area contributed by atoms with Gasteiger partial charge in [-0.05, 0) is 49.8 Å². The average Bonchev–Trinajstić information content (AvgIpc) is 3.48. The minimum atomic E-state index is -0.590. The highest BCUT2D eigenvalue weighted by molar-refractivity contribution is 5.98. The largest absolute Gasteiger partial charge is 0.454 e. The Morgan fingerprint density at radius 1 is 0.935 bits per heavy atom. The molecule has 2 saturated heterocycles. The molecule has 4 rings (SSSR count). The van der Waals surface area contributed by atoms with Crippen molar-refractivity contribution in [3.63, 3.8) is 0 Å². The van der Waals surface area contributed by atoms with Crippen LogP contribution in [0.1, 0.15) is 49.9 Å². The molecule has 3 heterocycles. The van der Waals surface area contributed by atoms with Crippen molar-refractivity contribution in [1.29, 1.82) is 0 Å². The van der Waals surface area contributed by atoms with Crippen LogP contribution < -0.4 is 14.8 Å². The molecule has 0 aromatic heterocycles. The number of carbonyl (C=O) groups excluding carboxylic acids is 3. The van der Waals surface area contributed by atoms with Gasteiger partial charge in [0.15, 0.2) is 11.5 Å². The summed E-state index contributed by atoms with van der Waals surface area (Å²) in [5, 5.41) is 3.01. The highest BCUT2D eigenvalue weighted by Gasteiger charge is 2.37. The third-order valence-electron chi connectivity index (χ3n) is 6.42. The zero-order valence-corrected chi connectivity index (χ0v) is 18.3. The van der Waals surface area contributed by atoms with Crippen LogP contribution in [-0.2, 0) is 9.59 Å². The van der Waals surface area contributed by atoms with Gasteiger partial charge in [0, 0.05) is 37.7 Å². The first kappa shape index (κ1) is 21.5. The molecule has 0 unspecified atom stereocenters. The normalized spacial score (nSPS) is 19.6. The van der Waals surface area contributed by atoms with Crippen LogP contribution in [0.5, 0.6) is 11.5 Å². The Labute approximate surface area is 182 Å². The van der Waals surface area contributed by atoms with Crippen LogP contribution in [0.2, 0.25) is 0 Å². The first-order valence-electron chi connectivity index (χ1n) is 11.2. The second-order valence-corrected chi connectivity index (χ2v) is 8.87.